The van der Waals surface area contributed by atoms with Crippen LogP contribution in [-0.2, 0) is 6.42 Å². The van der Waals surface area contributed by atoms with E-state index in [0.29, 0.717) is 5.92 Å². The molecule has 106 valence electrons. The number of hydrogen-bond acceptors (Lipinski definition) is 2. The van der Waals surface area contributed by atoms with Crippen molar-refractivity contribution in [3.8, 4) is 0 Å². The number of rotatable bonds is 6. The summed E-state index contributed by atoms with van der Waals surface area (Å²) in [6.07, 6.45) is 3.97. The van der Waals surface area contributed by atoms with E-state index < -0.39 is 0 Å². The van der Waals surface area contributed by atoms with Crippen molar-refractivity contribution in [1.29, 1.82) is 0 Å². The first kappa shape index (κ1) is 14.5. The second-order valence-corrected chi connectivity index (χ2v) is 6.17. The number of fused-ring (bicyclic) bond motifs is 1. The Morgan fingerprint density at radius 2 is 2.16 bits per heavy atom. The van der Waals surface area contributed by atoms with Gasteiger partial charge in [0.15, 0.2) is 0 Å². The van der Waals surface area contributed by atoms with E-state index in [-0.39, 0.29) is 0 Å². The van der Waals surface area contributed by atoms with Crippen LogP contribution in [0.4, 0.5) is 0 Å². The summed E-state index contributed by atoms with van der Waals surface area (Å²) in [5, 5.41) is 3.27. The van der Waals surface area contributed by atoms with E-state index in [1.165, 1.54) is 32.4 Å². The minimum Gasteiger partial charge on any atom is -0.319 e. The number of nitrogens with one attached hydrogen (secondary N) is 1. The average Bonchev–Trinajstić information content (AvgIpc) is 2.39. The summed E-state index contributed by atoms with van der Waals surface area (Å²) in [7, 11) is 4.30. The van der Waals surface area contributed by atoms with E-state index in [4.69, 9.17) is 0 Å². The van der Waals surface area contributed by atoms with Gasteiger partial charge in [0, 0.05) is 13.1 Å². The molecule has 1 N–H and O–H groups in total. The normalized spacial score (nSPS) is 20.3. The highest BCUT2D eigenvalue weighted by Crippen LogP contribution is 2.31. The average molecular weight is 260 g/mol. The van der Waals surface area contributed by atoms with Crippen LogP contribution >= 0.6 is 0 Å². The third kappa shape index (κ3) is 4.05. The molecule has 2 atom stereocenters. The van der Waals surface area contributed by atoms with Gasteiger partial charge in [-0.2, -0.15) is 0 Å². The molecule has 1 aromatic rings. The maximum atomic E-state index is 3.27. The van der Waals surface area contributed by atoms with Gasteiger partial charge in [0.25, 0.3) is 0 Å². The lowest BCUT2D eigenvalue weighted by Gasteiger charge is -2.30. The van der Waals surface area contributed by atoms with Gasteiger partial charge in [0.2, 0.25) is 0 Å². The van der Waals surface area contributed by atoms with Gasteiger partial charge >= 0.3 is 0 Å². The summed E-state index contributed by atoms with van der Waals surface area (Å²) < 4.78 is 0. The molecule has 0 radical (unpaired) electrons. The molecule has 0 saturated carbocycles. The number of likely N-dealkylation sites (N-methyl/N-ethyl adjacent to an activating group) is 1. The molecule has 2 heteroatoms. The lowest BCUT2D eigenvalue weighted by Crippen LogP contribution is -2.33. The molecule has 1 aliphatic rings. The maximum absolute atomic E-state index is 3.27. The topological polar surface area (TPSA) is 15.3 Å². The summed E-state index contributed by atoms with van der Waals surface area (Å²) in [5.74, 6) is 1.45. The molecule has 2 rings (SSSR count). The highest BCUT2D eigenvalue weighted by molar-refractivity contribution is 5.32. The quantitative estimate of drug-likeness (QED) is 0.846. The third-order valence-electron chi connectivity index (χ3n) is 4.20. The fourth-order valence-electron chi connectivity index (χ4n) is 3.44. The minimum absolute atomic E-state index is 0.717. The smallest absolute Gasteiger partial charge is 0.00474 e. The molecule has 0 heterocycles. The Labute approximate surface area is 118 Å². The molecule has 2 unspecified atom stereocenters. The zero-order chi connectivity index (χ0) is 13.7. The van der Waals surface area contributed by atoms with E-state index >= 15 is 0 Å². The molecule has 0 aliphatic heterocycles. The van der Waals surface area contributed by atoms with Crippen LogP contribution in [0.1, 0.15) is 36.8 Å². The molecule has 1 aliphatic carbocycles. The Bertz CT molecular complexity index is 389. The Morgan fingerprint density at radius 3 is 2.95 bits per heavy atom. The van der Waals surface area contributed by atoms with E-state index in [1.807, 2.05) is 7.05 Å². The maximum Gasteiger partial charge on any atom is 0.00474 e. The molecule has 0 fully saturated rings. The molecule has 1 aromatic carbocycles. The van der Waals surface area contributed by atoms with Gasteiger partial charge in [0.1, 0.15) is 0 Å². The Hall–Kier alpha value is -0.860. The zero-order valence-electron chi connectivity index (χ0n) is 12.7. The first-order chi connectivity index (χ1) is 9.20. The van der Waals surface area contributed by atoms with Crippen LogP contribution in [0.25, 0.3) is 0 Å². The molecule has 0 bridgehead atoms. The van der Waals surface area contributed by atoms with Crippen molar-refractivity contribution >= 4 is 0 Å². The third-order valence-corrected chi connectivity index (χ3v) is 4.20. The fourth-order valence-corrected chi connectivity index (χ4v) is 3.44. The van der Waals surface area contributed by atoms with Crippen molar-refractivity contribution in [2.24, 2.45) is 5.92 Å². The number of benzene rings is 1. The largest absolute Gasteiger partial charge is 0.319 e. The Kier molecular flexibility index (Phi) is 5.41. The SMILES string of the molecule is CNCC(C)CN(C)CC1CCCc2ccccc21. The van der Waals surface area contributed by atoms with Gasteiger partial charge in [-0.15, -0.1) is 0 Å². The van der Waals surface area contributed by atoms with E-state index in [2.05, 4.69) is 48.5 Å². The Morgan fingerprint density at radius 1 is 1.37 bits per heavy atom. The predicted molar refractivity (Wildman–Crippen MR) is 82.7 cm³/mol. The van der Waals surface area contributed by atoms with Gasteiger partial charge in [0.05, 0.1) is 0 Å². The molecule has 19 heavy (non-hydrogen) atoms. The minimum atomic E-state index is 0.717. The van der Waals surface area contributed by atoms with Crippen molar-refractivity contribution in [3.63, 3.8) is 0 Å². The summed E-state index contributed by atoms with van der Waals surface area (Å²) in [6.45, 7) is 5.80. The standard InChI is InChI=1S/C17H28N2/c1-14(11-18-2)12-19(3)13-16-9-6-8-15-7-4-5-10-17(15)16/h4-5,7,10,14,16,18H,6,8-9,11-13H2,1-3H3. The molecule has 2 nitrogen and oxygen atoms in total. The molecule has 0 aromatic heterocycles. The molecular formula is C17H28N2. The second-order valence-electron chi connectivity index (χ2n) is 6.17. The van der Waals surface area contributed by atoms with Crippen LogP contribution in [0, 0.1) is 5.92 Å². The van der Waals surface area contributed by atoms with E-state index in [0.717, 1.165) is 12.5 Å². The summed E-state index contributed by atoms with van der Waals surface area (Å²) in [4.78, 5) is 2.51. The number of hydrogen-bond donors (Lipinski definition) is 1. The second kappa shape index (κ2) is 7.06. The van der Waals surface area contributed by atoms with Crippen molar-refractivity contribution in [1.82, 2.24) is 10.2 Å². The zero-order valence-corrected chi connectivity index (χ0v) is 12.7. The first-order valence-electron chi connectivity index (χ1n) is 7.61. The summed E-state index contributed by atoms with van der Waals surface area (Å²) in [6, 6.07) is 9.02. The number of aryl methyl sites for hydroxylation is 1. The van der Waals surface area contributed by atoms with Gasteiger partial charge < -0.3 is 10.2 Å². The summed E-state index contributed by atoms with van der Waals surface area (Å²) >= 11 is 0. The van der Waals surface area contributed by atoms with Crippen LogP contribution in [-0.4, -0.2) is 38.6 Å². The van der Waals surface area contributed by atoms with Crippen LogP contribution in [0.3, 0.4) is 0 Å². The van der Waals surface area contributed by atoms with Crippen molar-refractivity contribution in [2.45, 2.75) is 32.1 Å². The van der Waals surface area contributed by atoms with Gasteiger partial charge in [-0.25, -0.2) is 0 Å². The lowest BCUT2D eigenvalue weighted by atomic mass is 9.82. The number of nitrogens with zero attached hydrogens (tertiary/aromatic N) is 1. The lowest BCUT2D eigenvalue weighted by molar-refractivity contribution is 0.259. The van der Waals surface area contributed by atoms with Crippen molar-refractivity contribution in [2.75, 3.05) is 33.7 Å². The van der Waals surface area contributed by atoms with Crippen molar-refractivity contribution in [3.05, 3.63) is 35.4 Å². The van der Waals surface area contributed by atoms with E-state index in [9.17, 15) is 0 Å². The van der Waals surface area contributed by atoms with Crippen molar-refractivity contribution < 1.29 is 0 Å². The van der Waals surface area contributed by atoms with Crippen LogP contribution < -0.4 is 5.32 Å². The van der Waals surface area contributed by atoms with Gasteiger partial charge in [-0.1, -0.05) is 31.2 Å². The molecule has 0 amide bonds. The molecular weight excluding hydrogens is 232 g/mol. The monoisotopic (exact) mass is 260 g/mol. The molecule has 0 spiro atoms. The highest BCUT2D eigenvalue weighted by atomic mass is 15.1. The fraction of sp³-hybridized carbons (Fsp3) is 0.647. The summed E-state index contributed by atoms with van der Waals surface area (Å²) in [5.41, 5.74) is 3.18. The van der Waals surface area contributed by atoms with E-state index in [1.54, 1.807) is 11.1 Å². The van der Waals surface area contributed by atoms with Crippen LogP contribution in [0.5, 0.6) is 0 Å². The van der Waals surface area contributed by atoms with Gasteiger partial charge in [-0.3, -0.25) is 0 Å². The van der Waals surface area contributed by atoms with Gasteiger partial charge in [-0.05, 0) is 62.9 Å². The van der Waals surface area contributed by atoms with Crippen LogP contribution in [0.15, 0.2) is 24.3 Å². The van der Waals surface area contributed by atoms with Crippen LogP contribution in [0.2, 0.25) is 0 Å². The first-order valence-corrected chi connectivity index (χ1v) is 7.61. The predicted octanol–water partition coefficient (Wildman–Crippen LogP) is 2.89. The highest BCUT2D eigenvalue weighted by Gasteiger charge is 2.21. The Balaban J connectivity index is 1.93. The molecule has 0 saturated heterocycles.